The highest BCUT2D eigenvalue weighted by Crippen LogP contribution is 2.44. The number of nitrogens with zero attached hydrogens (tertiary/aromatic N) is 2. The molecule has 0 radical (unpaired) electrons. The Morgan fingerprint density at radius 3 is 2.40 bits per heavy atom. The van der Waals surface area contributed by atoms with Crippen LogP contribution in [0.5, 0.6) is 0 Å². The fourth-order valence-electron chi connectivity index (χ4n) is 4.06. The quantitative estimate of drug-likeness (QED) is 0.499. The number of carbonyl (C=O) groups excluding carboxylic acids is 1. The van der Waals surface area contributed by atoms with Gasteiger partial charge in [-0.2, -0.15) is 5.10 Å². The lowest BCUT2D eigenvalue weighted by Crippen LogP contribution is -2.25. The van der Waals surface area contributed by atoms with Crippen LogP contribution in [0.25, 0.3) is 16.9 Å². The Hall–Kier alpha value is -3.73. The highest BCUT2D eigenvalue weighted by Gasteiger charge is 2.35. The lowest BCUT2D eigenvalue weighted by atomic mass is 9.84. The first-order valence-corrected chi connectivity index (χ1v) is 9.91. The molecule has 1 aliphatic rings. The minimum absolute atomic E-state index is 0.149. The van der Waals surface area contributed by atoms with Crippen LogP contribution in [0.1, 0.15) is 29.0 Å². The zero-order valence-corrected chi connectivity index (χ0v) is 16.5. The molecule has 4 nitrogen and oxygen atoms in total. The van der Waals surface area contributed by atoms with Gasteiger partial charge in [0.2, 0.25) is 5.91 Å². The van der Waals surface area contributed by atoms with Gasteiger partial charge in [0.05, 0.1) is 11.4 Å². The third-order valence-electron chi connectivity index (χ3n) is 5.52. The van der Waals surface area contributed by atoms with E-state index in [2.05, 4.69) is 5.32 Å². The number of carbonyl (C=O) groups is 1. The zero-order chi connectivity index (χ0) is 20.7. The van der Waals surface area contributed by atoms with Crippen LogP contribution >= 0.6 is 0 Å². The van der Waals surface area contributed by atoms with Crippen LogP contribution in [0.3, 0.4) is 0 Å². The number of anilines is 1. The average molecular weight is 397 g/mol. The van der Waals surface area contributed by atoms with Crippen LogP contribution in [-0.4, -0.2) is 15.7 Å². The molecule has 0 aliphatic carbocycles. The molecule has 1 amide bonds. The van der Waals surface area contributed by atoms with Crippen molar-refractivity contribution in [3.8, 4) is 16.9 Å². The second kappa shape index (κ2) is 7.26. The minimum Gasteiger partial charge on any atom is -0.310 e. The second-order valence-corrected chi connectivity index (χ2v) is 7.55. The standard InChI is InChI=1S/C25H20FN3O/c1-16-11-13-18(14-12-16)29-25-23(24(28-29)17-7-3-2-4-8-17)20(15-22(30)27-25)19-9-5-6-10-21(19)26/h2-14,20H,15H2,1H3,(H,27,30)/t20-/m1/s1. The number of rotatable bonds is 3. The number of halogens is 1. The van der Waals surface area contributed by atoms with Gasteiger partial charge in [0.25, 0.3) is 0 Å². The molecular formula is C25H20FN3O. The van der Waals surface area contributed by atoms with Gasteiger partial charge in [0.15, 0.2) is 0 Å². The molecule has 1 aliphatic heterocycles. The molecule has 2 heterocycles. The van der Waals surface area contributed by atoms with Crippen molar-refractivity contribution in [2.45, 2.75) is 19.3 Å². The first kappa shape index (κ1) is 18.3. The molecule has 4 aromatic rings. The van der Waals surface area contributed by atoms with Gasteiger partial charge in [-0.1, -0.05) is 66.2 Å². The summed E-state index contributed by atoms with van der Waals surface area (Å²) in [5.41, 5.74) is 5.00. The summed E-state index contributed by atoms with van der Waals surface area (Å²) in [6, 6.07) is 24.4. The highest BCUT2D eigenvalue weighted by atomic mass is 19.1. The maximum absolute atomic E-state index is 14.7. The summed E-state index contributed by atoms with van der Waals surface area (Å²) >= 11 is 0. The Balaban J connectivity index is 1.79. The van der Waals surface area contributed by atoms with Crippen LogP contribution in [0, 0.1) is 12.7 Å². The first-order chi connectivity index (χ1) is 14.6. The van der Waals surface area contributed by atoms with E-state index in [0.717, 1.165) is 28.1 Å². The predicted molar refractivity (Wildman–Crippen MR) is 115 cm³/mol. The lowest BCUT2D eigenvalue weighted by Gasteiger charge is -2.25. The van der Waals surface area contributed by atoms with Crippen molar-refractivity contribution in [3.63, 3.8) is 0 Å². The topological polar surface area (TPSA) is 46.9 Å². The lowest BCUT2D eigenvalue weighted by molar-refractivity contribution is -0.116. The van der Waals surface area contributed by atoms with Crippen molar-refractivity contribution in [2.75, 3.05) is 5.32 Å². The maximum atomic E-state index is 14.7. The third kappa shape index (κ3) is 3.08. The minimum atomic E-state index is -0.413. The molecule has 1 N–H and O–H groups in total. The monoisotopic (exact) mass is 397 g/mol. The Labute approximate surface area is 174 Å². The molecule has 30 heavy (non-hydrogen) atoms. The van der Waals surface area contributed by atoms with Gasteiger partial charge in [0, 0.05) is 23.5 Å². The second-order valence-electron chi connectivity index (χ2n) is 7.55. The number of fused-ring (bicyclic) bond motifs is 1. The number of aromatic nitrogens is 2. The van der Waals surface area contributed by atoms with E-state index < -0.39 is 5.92 Å². The fraction of sp³-hybridized carbons (Fsp3) is 0.120. The van der Waals surface area contributed by atoms with E-state index in [4.69, 9.17) is 5.10 Å². The smallest absolute Gasteiger partial charge is 0.226 e. The molecule has 5 rings (SSSR count). The van der Waals surface area contributed by atoms with Crippen molar-refractivity contribution in [1.29, 1.82) is 0 Å². The number of benzene rings is 3. The van der Waals surface area contributed by atoms with Crippen molar-refractivity contribution in [1.82, 2.24) is 9.78 Å². The summed E-state index contributed by atoms with van der Waals surface area (Å²) in [6.07, 6.45) is 0.174. The van der Waals surface area contributed by atoms with Gasteiger partial charge in [-0.15, -0.1) is 0 Å². The molecule has 0 spiro atoms. The molecular weight excluding hydrogens is 377 g/mol. The molecule has 0 saturated heterocycles. The van der Waals surface area contributed by atoms with Crippen LogP contribution in [0.4, 0.5) is 10.2 Å². The van der Waals surface area contributed by atoms with Crippen LogP contribution in [0.2, 0.25) is 0 Å². The van der Waals surface area contributed by atoms with E-state index in [-0.39, 0.29) is 18.1 Å². The largest absolute Gasteiger partial charge is 0.310 e. The molecule has 0 unspecified atom stereocenters. The molecule has 5 heteroatoms. The molecule has 1 atom stereocenters. The number of hydrogen-bond donors (Lipinski definition) is 1. The molecule has 3 aromatic carbocycles. The Kier molecular flexibility index (Phi) is 4.43. The van der Waals surface area contributed by atoms with Gasteiger partial charge in [0.1, 0.15) is 11.6 Å². The Morgan fingerprint density at radius 1 is 0.967 bits per heavy atom. The highest BCUT2D eigenvalue weighted by molar-refractivity contribution is 5.96. The number of aryl methyl sites for hydroxylation is 1. The van der Waals surface area contributed by atoms with Gasteiger partial charge >= 0.3 is 0 Å². The molecule has 0 fully saturated rings. The summed E-state index contributed by atoms with van der Waals surface area (Å²) in [4.78, 5) is 12.6. The van der Waals surface area contributed by atoms with Crippen molar-refractivity contribution in [2.24, 2.45) is 0 Å². The Morgan fingerprint density at radius 2 is 1.67 bits per heavy atom. The van der Waals surface area contributed by atoms with Crippen molar-refractivity contribution < 1.29 is 9.18 Å². The van der Waals surface area contributed by atoms with E-state index in [1.165, 1.54) is 6.07 Å². The van der Waals surface area contributed by atoms with Gasteiger partial charge < -0.3 is 5.32 Å². The van der Waals surface area contributed by atoms with Crippen molar-refractivity contribution in [3.05, 3.63) is 101 Å². The summed E-state index contributed by atoms with van der Waals surface area (Å²) in [6.45, 7) is 2.02. The number of nitrogens with one attached hydrogen (secondary N) is 1. The molecule has 0 saturated carbocycles. The normalized spacial score (nSPS) is 15.5. The summed E-state index contributed by atoms with van der Waals surface area (Å²) in [7, 11) is 0. The van der Waals surface area contributed by atoms with Crippen LogP contribution < -0.4 is 5.32 Å². The first-order valence-electron chi connectivity index (χ1n) is 9.91. The Bertz CT molecular complexity index is 1230. The average Bonchev–Trinajstić information content (AvgIpc) is 3.14. The van der Waals surface area contributed by atoms with E-state index in [1.807, 2.05) is 61.5 Å². The molecule has 1 aromatic heterocycles. The van der Waals surface area contributed by atoms with Gasteiger partial charge in [-0.25, -0.2) is 9.07 Å². The van der Waals surface area contributed by atoms with E-state index in [1.54, 1.807) is 22.9 Å². The summed E-state index contributed by atoms with van der Waals surface area (Å²) in [5.74, 6) is -0.277. The van der Waals surface area contributed by atoms with Crippen LogP contribution in [-0.2, 0) is 4.79 Å². The van der Waals surface area contributed by atoms with Crippen LogP contribution in [0.15, 0.2) is 78.9 Å². The van der Waals surface area contributed by atoms with Gasteiger partial charge in [-0.3, -0.25) is 4.79 Å². The molecule has 148 valence electrons. The maximum Gasteiger partial charge on any atom is 0.226 e. The predicted octanol–water partition coefficient (Wildman–Crippen LogP) is 5.46. The summed E-state index contributed by atoms with van der Waals surface area (Å²) < 4.78 is 16.5. The summed E-state index contributed by atoms with van der Waals surface area (Å²) in [5, 5.41) is 7.87. The number of hydrogen-bond acceptors (Lipinski definition) is 2. The number of amides is 1. The SMILES string of the molecule is Cc1ccc(-n2nc(-c3ccccc3)c3c2NC(=O)C[C@@H]3c2ccccc2F)cc1. The fourth-order valence-corrected chi connectivity index (χ4v) is 4.06. The van der Waals surface area contributed by atoms with Crippen molar-refractivity contribution >= 4 is 11.7 Å². The van der Waals surface area contributed by atoms with E-state index in [9.17, 15) is 9.18 Å². The van der Waals surface area contributed by atoms with E-state index >= 15 is 0 Å². The van der Waals surface area contributed by atoms with E-state index in [0.29, 0.717) is 11.4 Å². The van der Waals surface area contributed by atoms with Gasteiger partial charge in [-0.05, 0) is 30.7 Å². The molecule has 0 bridgehead atoms. The third-order valence-corrected chi connectivity index (χ3v) is 5.52. The zero-order valence-electron chi connectivity index (χ0n) is 16.5.